The van der Waals surface area contributed by atoms with E-state index in [0.29, 0.717) is 6.42 Å². The molecule has 0 spiro atoms. The lowest BCUT2D eigenvalue weighted by Crippen LogP contribution is -2.34. The van der Waals surface area contributed by atoms with Crippen molar-refractivity contribution in [3.8, 4) is 6.07 Å². The zero-order valence-corrected chi connectivity index (χ0v) is 12.2. The molecule has 1 aliphatic rings. The summed E-state index contributed by atoms with van der Waals surface area (Å²) in [7, 11) is 0. The minimum absolute atomic E-state index is 0.0102. The normalized spacial score (nSPS) is 17.2. The van der Waals surface area contributed by atoms with E-state index in [-0.39, 0.29) is 12.1 Å². The van der Waals surface area contributed by atoms with E-state index in [0.717, 1.165) is 24.0 Å². The number of hydrogen-bond donors (Lipinski definition) is 1. The van der Waals surface area contributed by atoms with Crippen LogP contribution in [0.3, 0.4) is 0 Å². The Morgan fingerprint density at radius 3 is 2.90 bits per heavy atom. The molecule has 4 heteroatoms. The summed E-state index contributed by atoms with van der Waals surface area (Å²) in [6.45, 7) is 5.55. The zero-order chi connectivity index (χ0) is 14.8. The minimum Gasteiger partial charge on any atom is -0.444 e. The minimum atomic E-state index is -0.484. The second-order valence-electron chi connectivity index (χ2n) is 6.11. The topological polar surface area (TPSA) is 62.1 Å². The molecule has 1 aromatic carbocycles. The number of carbonyl (C=O) groups is 1. The van der Waals surface area contributed by atoms with Crippen LogP contribution in [0.25, 0.3) is 0 Å². The van der Waals surface area contributed by atoms with Crippen LogP contribution < -0.4 is 5.32 Å². The third kappa shape index (κ3) is 3.51. The summed E-state index contributed by atoms with van der Waals surface area (Å²) in [5.74, 6) is 0. The highest BCUT2D eigenvalue weighted by Gasteiger charge is 2.26. The molecule has 0 fully saturated rings. The van der Waals surface area contributed by atoms with Gasteiger partial charge in [-0.05, 0) is 50.3 Å². The highest BCUT2D eigenvalue weighted by atomic mass is 16.6. The smallest absolute Gasteiger partial charge is 0.408 e. The molecule has 1 aromatic rings. The fraction of sp³-hybridized carbons (Fsp3) is 0.500. The summed E-state index contributed by atoms with van der Waals surface area (Å²) < 4.78 is 5.28. The first kappa shape index (κ1) is 14.4. The van der Waals surface area contributed by atoms with Crippen LogP contribution in [-0.2, 0) is 17.6 Å². The molecule has 20 heavy (non-hydrogen) atoms. The van der Waals surface area contributed by atoms with Crippen molar-refractivity contribution in [1.82, 2.24) is 5.32 Å². The number of nitrogens with zero attached hydrogens (tertiary/aromatic N) is 1. The third-order valence-corrected chi connectivity index (χ3v) is 3.26. The van der Waals surface area contributed by atoms with E-state index in [1.807, 2.05) is 32.9 Å². The molecule has 2 rings (SSSR count). The van der Waals surface area contributed by atoms with Crippen molar-refractivity contribution in [2.45, 2.75) is 51.7 Å². The van der Waals surface area contributed by atoms with Gasteiger partial charge in [-0.1, -0.05) is 18.2 Å². The van der Waals surface area contributed by atoms with Gasteiger partial charge in [0.2, 0.25) is 0 Å². The van der Waals surface area contributed by atoms with Gasteiger partial charge in [0.25, 0.3) is 0 Å². The van der Waals surface area contributed by atoms with Gasteiger partial charge in [0.05, 0.1) is 18.5 Å². The monoisotopic (exact) mass is 272 g/mol. The maximum absolute atomic E-state index is 11.8. The maximum Gasteiger partial charge on any atom is 0.408 e. The van der Waals surface area contributed by atoms with Crippen molar-refractivity contribution >= 4 is 6.09 Å². The van der Waals surface area contributed by atoms with Crippen molar-refractivity contribution in [2.24, 2.45) is 0 Å². The fourth-order valence-electron chi connectivity index (χ4n) is 2.47. The predicted molar refractivity (Wildman–Crippen MR) is 76.2 cm³/mol. The van der Waals surface area contributed by atoms with E-state index < -0.39 is 5.60 Å². The van der Waals surface area contributed by atoms with Gasteiger partial charge in [-0.25, -0.2) is 4.79 Å². The van der Waals surface area contributed by atoms with Crippen LogP contribution in [0.15, 0.2) is 18.2 Å². The number of amides is 1. The third-order valence-electron chi connectivity index (χ3n) is 3.26. The molecular formula is C16H20N2O2. The molecule has 0 heterocycles. The first-order valence-corrected chi connectivity index (χ1v) is 6.87. The number of nitrogens with one attached hydrogen (secondary N) is 1. The second-order valence-corrected chi connectivity index (χ2v) is 6.11. The Kier molecular flexibility index (Phi) is 3.99. The van der Waals surface area contributed by atoms with Gasteiger partial charge in [0.1, 0.15) is 5.60 Å². The standard InChI is InChI=1S/C16H20N2O2/c1-16(2,3)20-15(19)18-14-7-5-12-10-11(8-9-17)4-6-13(12)14/h4,6,10,14H,5,7-8H2,1-3H3,(H,18,19)/t14-/m0/s1. The van der Waals surface area contributed by atoms with Crippen molar-refractivity contribution < 1.29 is 9.53 Å². The van der Waals surface area contributed by atoms with Crippen LogP contribution in [0.2, 0.25) is 0 Å². The number of benzene rings is 1. The molecule has 0 bridgehead atoms. The number of nitriles is 1. The van der Waals surface area contributed by atoms with Crippen molar-refractivity contribution in [2.75, 3.05) is 0 Å². The summed E-state index contributed by atoms with van der Waals surface area (Å²) in [6.07, 6.45) is 1.85. The number of rotatable bonds is 2. The number of fused-ring (bicyclic) bond motifs is 1. The Morgan fingerprint density at radius 2 is 2.25 bits per heavy atom. The maximum atomic E-state index is 11.8. The summed E-state index contributed by atoms with van der Waals surface area (Å²) in [6, 6.07) is 8.20. The summed E-state index contributed by atoms with van der Waals surface area (Å²) in [4.78, 5) is 11.8. The van der Waals surface area contributed by atoms with Gasteiger partial charge in [-0.15, -0.1) is 0 Å². The van der Waals surface area contributed by atoms with E-state index in [1.165, 1.54) is 5.56 Å². The van der Waals surface area contributed by atoms with Crippen LogP contribution in [0.4, 0.5) is 4.79 Å². The van der Waals surface area contributed by atoms with Crippen LogP contribution in [-0.4, -0.2) is 11.7 Å². The Labute approximate surface area is 119 Å². The number of alkyl carbamates (subject to hydrolysis) is 1. The van der Waals surface area contributed by atoms with Gasteiger partial charge in [-0.2, -0.15) is 5.26 Å². The molecule has 0 aromatic heterocycles. The van der Waals surface area contributed by atoms with Crippen LogP contribution in [0.1, 0.15) is 49.9 Å². The molecule has 0 saturated carbocycles. The Balaban J connectivity index is 2.05. The zero-order valence-electron chi connectivity index (χ0n) is 12.2. The molecule has 1 N–H and O–H groups in total. The Hall–Kier alpha value is -2.02. The lowest BCUT2D eigenvalue weighted by molar-refractivity contribution is 0.0503. The van der Waals surface area contributed by atoms with Gasteiger partial charge < -0.3 is 10.1 Å². The van der Waals surface area contributed by atoms with Crippen LogP contribution in [0.5, 0.6) is 0 Å². The fourth-order valence-corrected chi connectivity index (χ4v) is 2.47. The summed E-state index contributed by atoms with van der Waals surface area (Å²) in [5, 5.41) is 11.6. The van der Waals surface area contributed by atoms with Gasteiger partial charge in [0, 0.05) is 0 Å². The molecule has 106 valence electrons. The van der Waals surface area contributed by atoms with Gasteiger partial charge >= 0.3 is 6.09 Å². The quantitative estimate of drug-likeness (QED) is 0.898. The highest BCUT2D eigenvalue weighted by molar-refractivity contribution is 5.68. The van der Waals surface area contributed by atoms with E-state index >= 15 is 0 Å². The largest absolute Gasteiger partial charge is 0.444 e. The van der Waals surface area contributed by atoms with E-state index in [4.69, 9.17) is 10.00 Å². The molecule has 0 saturated heterocycles. The first-order chi connectivity index (χ1) is 9.39. The van der Waals surface area contributed by atoms with Crippen molar-refractivity contribution in [1.29, 1.82) is 5.26 Å². The molecule has 0 aliphatic heterocycles. The predicted octanol–water partition coefficient (Wildman–Crippen LogP) is 3.26. The lowest BCUT2D eigenvalue weighted by atomic mass is 10.0. The molecular weight excluding hydrogens is 252 g/mol. The average Bonchev–Trinajstić information content (AvgIpc) is 2.70. The first-order valence-electron chi connectivity index (χ1n) is 6.87. The Bertz CT molecular complexity index is 553. The Morgan fingerprint density at radius 1 is 1.50 bits per heavy atom. The molecule has 0 unspecified atom stereocenters. The number of carbonyl (C=O) groups excluding carboxylic acids is 1. The molecule has 1 atom stereocenters. The van der Waals surface area contributed by atoms with Crippen LogP contribution >= 0.6 is 0 Å². The lowest BCUT2D eigenvalue weighted by Gasteiger charge is -2.22. The second kappa shape index (κ2) is 5.54. The number of ether oxygens (including phenoxy) is 1. The highest BCUT2D eigenvalue weighted by Crippen LogP contribution is 2.32. The molecule has 4 nitrogen and oxygen atoms in total. The number of aryl methyl sites for hydroxylation is 1. The summed E-state index contributed by atoms with van der Waals surface area (Å²) in [5.41, 5.74) is 2.91. The van der Waals surface area contributed by atoms with Gasteiger partial charge in [0.15, 0.2) is 0 Å². The molecule has 1 amide bonds. The van der Waals surface area contributed by atoms with Crippen LogP contribution in [0, 0.1) is 11.3 Å². The molecule has 1 aliphatic carbocycles. The van der Waals surface area contributed by atoms with Crippen molar-refractivity contribution in [3.63, 3.8) is 0 Å². The van der Waals surface area contributed by atoms with E-state index in [1.54, 1.807) is 0 Å². The number of hydrogen-bond acceptors (Lipinski definition) is 3. The summed E-state index contributed by atoms with van der Waals surface area (Å²) >= 11 is 0. The molecule has 0 radical (unpaired) electrons. The van der Waals surface area contributed by atoms with Crippen molar-refractivity contribution in [3.05, 3.63) is 34.9 Å². The SMILES string of the molecule is CC(C)(C)OC(=O)N[C@H]1CCc2cc(CC#N)ccc21. The van der Waals surface area contributed by atoms with Gasteiger partial charge in [-0.3, -0.25) is 0 Å². The average molecular weight is 272 g/mol. The van der Waals surface area contributed by atoms with E-state index in [2.05, 4.69) is 17.5 Å². The van der Waals surface area contributed by atoms with E-state index in [9.17, 15) is 4.79 Å².